The molecule has 0 spiro atoms. The van der Waals surface area contributed by atoms with Crippen molar-refractivity contribution in [3.63, 3.8) is 0 Å². The van der Waals surface area contributed by atoms with Crippen LogP contribution in [0.4, 0.5) is 0 Å². The number of unbranched alkanes of at least 4 members (excludes halogenated alkanes) is 1. The highest BCUT2D eigenvalue weighted by atomic mass is 16.1. The van der Waals surface area contributed by atoms with Crippen molar-refractivity contribution in [1.29, 1.82) is 0 Å². The van der Waals surface area contributed by atoms with E-state index < -0.39 is 0 Å². The molecule has 0 amide bonds. The second kappa shape index (κ2) is 6.32. The van der Waals surface area contributed by atoms with Crippen molar-refractivity contribution in [2.75, 3.05) is 13.1 Å². The van der Waals surface area contributed by atoms with Crippen LogP contribution in [0.3, 0.4) is 0 Å². The molecular formula is C10H17N3O. The zero-order chi connectivity index (χ0) is 10.2. The molecule has 78 valence electrons. The summed E-state index contributed by atoms with van der Waals surface area (Å²) in [5.41, 5.74) is -0.157. The summed E-state index contributed by atoms with van der Waals surface area (Å²) in [6.07, 6.45) is 5.41. The molecule has 14 heavy (non-hydrogen) atoms. The van der Waals surface area contributed by atoms with E-state index >= 15 is 0 Å². The van der Waals surface area contributed by atoms with Crippen molar-refractivity contribution in [1.82, 2.24) is 14.9 Å². The van der Waals surface area contributed by atoms with E-state index in [-0.39, 0.29) is 5.69 Å². The van der Waals surface area contributed by atoms with E-state index in [4.69, 9.17) is 0 Å². The normalized spacial score (nSPS) is 10.4. The van der Waals surface area contributed by atoms with Crippen molar-refractivity contribution < 1.29 is 0 Å². The van der Waals surface area contributed by atoms with Crippen LogP contribution in [-0.4, -0.2) is 22.6 Å². The first kappa shape index (κ1) is 10.9. The number of rotatable bonds is 6. The lowest BCUT2D eigenvalue weighted by atomic mass is 10.3. The molecule has 0 aliphatic carbocycles. The lowest BCUT2D eigenvalue weighted by Crippen LogP contribution is -2.22. The number of nitrogens with one attached hydrogen (secondary N) is 1. The molecule has 1 N–H and O–H groups in total. The van der Waals surface area contributed by atoms with Crippen LogP contribution >= 0.6 is 0 Å². The van der Waals surface area contributed by atoms with E-state index in [0.29, 0.717) is 0 Å². The predicted molar refractivity (Wildman–Crippen MR) is 56.3 cm³/mol. The van der Waals surface area contributed by atoms with Crippen LogP contribution in [0.5, 0.6) is 0 Å². The van der Waals surface area contributed by atoms with Crippen LogP contribution in [0.1, 0.15) is 19.8 Å². The van der Waals surface area contributed by atoms with Gasteiger partial charge in [-0.05, 0) is 32.0 Å². The molecule has 0 atom stereocenters. The monoisotopic (exact) mass is 195 g/mol. The van der Waals surface area contributed by atoms with Gasteiger partial charge < -0.3 is 5.32 Å². The first-order chi connectivity index (χ1) is 6.84. The molecule has 0 aromatic carbocycles. The van der Waals surface area contributed by atoms with E-state index in [1.807, 2.05) is 0 Å². The van der Waals surface area contributed by atoms with Gasteiger partial charge >= 0.3 is 5.69 Å². The van der Waals surface area contributed by atoms with Gasteiger partial charge in [-0.25, -0.2) is 9.78 Å². The third kappa shape index (κ3) is 3.70. The molecule has 0 bridgehead atoms. The summed E-state index contributed by atoms with van der Waals surface area (Å²) in [5.74, 6) is 0. The predicted octanol–water partition coefficient (Wildman–Crippen LogP) is 0.633. The molecule has 1 aromatic rings. The van der Waals surface area contributed by atoms with Gasteiger partial charge in [0, 0.05) is 18.9 Å². The van der Waals surface area contributed by atoms with Gasteiger partial charge in [0.05, 0.1) is 0 Å². The van der Waals surface area contributed by atoms with Crippen molar-refractivity contribution in [3.8, 4) is 0 Å². The fourth-order valence-corrected chi connectivity index (χ4v) is 1.27. The fraction of sp³-hybridized carbons (Fsp3) is 0.600. The van der Waals surface area contributed by atoms with E-state index in [0.717, 1.165) is 32.5 Å². The Morgan fingerprint density at radius 3 is 3.07 bits per heavy atom. The third-order valence-electron chi connectivity index (χ3n) is 2.04. The summed E-state index contributed by atoms with van der Waals surface area (Å²) in [4.78, 5) is 14.9. The SMILES string of the molecule is CCNCCCCn1cccnc1=O. The fourth-order valence-electron chi connectivity index (χ4n) is 1.27. The van der Waals surface area contributed by atoms with Crippen molar-refractivity contribution >= 4 is 0 Å². The number of hydrogen-bond acceptors (Lipinski definition) is 3. The van der Waals surface area contributed by atoms with E-state index in [2.05, 4.69) is 17.2 Å². The van der Waals surface area contributed by atoms with Gasteiger partial charge in [0.25, 0.3) is 0 Å². The topological polar surface area (TPSA) is 46.9 Å². The zero-order valence-electron chi connectivity index (χ0n) is 8.57. The highest BCUT2D eigenvalue weighted by Gasteiger charge is 1.94. The second-order valence-corrected chi connectivity index (χ2v) is 3.16. The molecule has 0 saturated carbocycles. The van der Waals surface area contributed by atoms with Crippen LogP contribution in [-0.2, 0) is 6.54 Å². The number of nitrogens with zero attached hydrogens (tertiary/aromatic N) is 2. The molecule has 4 nitrogen and oxygen atoms in total. The minimum Gasteiger partial charge on any atom is -0.317 e. The van der Waals surface area contributed by atoms with Crippen LogP contribution in [0, 0.1) is 0 Å². The van der Waals surface area contributed by atoms with Crippen molar-refractivity contribution in [2.45, 2.75) is 26.3 Å². The van der Waals surface area contributed by atoms with Crippen LogP contribution in [0.25, 0.3) is 0 Å². The molecule has 0 aliphatic rings. The number of aryl methyl sites for hydroxylation is 1. The molecule has 0 fully saturated rings. The maximum absolute atomic E-state index is 11.2. The first-order valence-electron chi connectivity index (χ1n) is 5.06. The quantitative estimate of drug-likeness (QED) is 0.677. The Kier molecular flexibility index (Phi) is 4.93. The minimum atomic E-state index is -0.157. The summed E-state index contributed by atoms with van der Waals surface area (Å²) in [6, 6.07) is 1.78. The molecular weight excluding hydrogens is 178 g/mol. The standard InChI is InChI=1S/C10H17N3O/c1-2-11-6-3-4-8-13-9-5-7-12-10(13)14/h5,7,9,11H,2-4,6,8H2,1H3. The Morgan fingerprint density at radius 1 is 1.50 bits per heavy atom. The highest BCUT2D eigenvalue weighted by Crippen LogP contribution is 1.90. The average molecular weight is 195 g/mol. The van der Waals surface area contributed by atoms with E-state index in [1.165, 1.54) is 6.20 Å². The molecule has 0 unspecified atom stereocenters. The van der Waals surface area contributed by atoms with E-state index in [1.54, 1.807) is 16.8 Å². The van der Waals surface area contributed by atoms with E-state index in [9.17, 15) is 4.79 Å². The van der Waals surface area contributed by atoms with Crippen LogP contribution in [0.2, 0.25) is 0 Å². The molecule has 1 rings (SSSR count). The molecule has 0 aliphatic heterocycles. The number of aromatic nitrogens is 2. The molecule has 1 heterocycles. The average Bonchev–Trinajstić information content (AvgIpc) is 2.20. The largest absolute Gasteiger partial charge is 0.347 e. The molecule has 0 radical (unpaired) electrons. The summed E-state index contributed by atoms with van der Waals surface area (Å²) in [6.45, 7) is 4.88. The van der Waals surface area contributed by atoms with Gasteiger partial charge in [-0.3, -0.25) is 4.57 Å². The smallest absolute Gasteiger partial charge is 0.317 e. The maximum Gasteiger partial charge on any atom is 0.347 e. The molecule has 1 aromatic heterocycles. The Labute approximate surface area is 84.0 Å². The minimum absolute atomic E-state index is 0.157. The first-order valence-corrected chi connectivity index (χ1v) is 5.06. The van der Waals surface area contributed by atoms with Gasteiger partial charge in [0.15, 0.2) is 0 Å². The molecule has 0 saturated heterocycles. The third-order valence-corrected chi connectivity index (χ3v) is 2.04. The number of hydrogen-bond donors (Lipinski definition) is 1. The van der Waals surface area contributed by atoms with Crippen molar-refractivity contribution in [2.24, 2.45) is 0 Å². The maximum atomic E-state index is 11.2. The zero-order valence-corrected chi connectivity index (χ0v) is 8.57. The Balaban J connectivity index is 2.25. The van der Waals surface area contributed by atoms with Crippen LogP contribution < -0.4 is 11.0 Å². The Hall–Kier alpha value is -1.16. The van der Waals surface area contributed by atoms with Crippen molar-refractivity contribution in [3.05, 3.63) is 28.9 Å². The summed E-state index contributed by atoms with van der Waals surface area (Å²) >= 11 is 0. The summed E-state index contributed by atoms with van der Waals surface area (Å²) < 4.78 is 1.64. The van der Waals surface area contributed by atoms with Gasteiger partial charge in [-0.2, -0.15) is 0 Å². The van der Waals surface area contributed by atoms with Gasteiger partial charge in [0.1, 0.15) is 0 Å². The van der Waals surface area contributed by atoms with Gasteiger partial charge in [-0.15, -0.1) is 0 Å². The lowest BCUT2D eigenvalue weighted by Gasteiger charge is -2.04. The molecule has 4 heteroatoms. The summed E-state index contributed by atoms with van der Waals surface area (Å²) in [5, 5.41) is 3.25. The second-order valence-electron chi connectivity index (χ2n) is 3.16. The van der Waals surface area contributed by atoms with Gasteiger partial charge in [-0.1, -0.05) is 6.92 Å². The Bertz CT molecular complexity index is 308. The summed E-state index contributed by atoms with van der Waals surface area (Å²) in [7, 11) is 0. The lowest BCUT2D eigenvalue weighted by molar-refractivity contribution is 0.558. The Morgan fingerprint density at radius 2 is 2.36 bits per heavy atom. The van der Waals surface area contributed by atoms with Crippen LogP contribution in [0.15, 0.2) is 23.3 Å². The highest BCUT2D eigenvalue weighted by molar-refractivity contribution is 4.80. The van der Waals surface area contributed by atoms with Gasteiger partial charge in [0.2, 0.25) is 0 Å².